The minimum atomic E-state index is -2.29. The summed E-state index contributed by atoms with van der Waals surface area (Å²) in [5, 5.41) is 11.0. The Bertz CT molecular complexity index is 1510. The molecular weight excluding hydrogens is 524 g/mol. The summed E-state index contributed by atoms with van der Waals surface area (Å²) in [4.78, 5) is 25.8. The van der Waals surface area contributed by atoms with E-state index in [0.717, 1.165) is 5.57 Å². The van der Waals surface area contributed by atoms with Crippen molar-refractivity contribution in [3.05, 3.63) is 57.8 Å². The molecule has 8 heteroatoms. The fraction of sp³-hybridized carbons (Fsp3) is 0.438. The number of allylic oxidation sites excluding steroid dienone is 2. The first-order chi connectivity index (χ1) is 18.4. The van der Waals surface area contributed by atoms with Gasteiger partial charge in [-0.1, -0.05) is 32.4 Å². The number of ether oxygens (including phenoxy) is 2. The Hall–Kier alpha value is -3.52. The van der Waals surface area contributed by atoms with Crippen LogP contribution >= 0.6 is 0 Å². The second-order valence-electron chi connectivity index (χ2n) is 12.9. The van der Waals surface area contributed by atoms with Crippen LogP contribution in [0.25, 0.3) is 22.3 Å². The first-order valence-corrected chi connectivity index (χ1v) is 16.3. The van der Waals surface area contributed by atoms with Gasteiger partial charge in [-0.3, -0.25) is 9.59 Å². The predicted molar refractivity (Wildman–Crippen MR) is 162 cm³/mol. The monoisotopic (exact) mass is 566 g/mol. The Balaban J connectivity index is 2.25. The smallest absolute Gasteiger partial charge is 0.316 e. The van der Waals surface area contributed by atoms with Gasteiger partial charge in [0, 0.05) is 23.3 Å². The summed E-state index contributed by atoms with van der Waals surface area (Å²) >= 11 is 0. The van der Waals surface area contributed by atoms with E-state index >= 15 is 0 Å². The standard InChI is InChI=1S/C32H42O7Si/c1-19(2)12-14-21-26(39-40(10,11)32(6,7)8)18-23(34)28-22(33)17-25(37-29(21)28)20-13-15-24(27(16-20)36-9)38-30(35)31(3,4)5/h12-13,15-18,34H,14H2,1-11H3. The first-order valence-electron chi connectivity index (χ1n) is 13.4. The molecule has 1 heterocycles. The molecule has 0 spiro atoms. The lowest BCUT2D eigenvalue weighted by atomic mass is 9.97. The first kappa shape index (κ1) is 31.0. The van der Waals surface area contributed by atoms with E-state index in [2.05, 4.69) is 33.9 Å². The largest absolute Gasteiger partial charge is 0.543 e. The molecule has 3 aromatic rings. The lowest BCUT2D eigenvalue weighted by Crippen LogP contribution is -2.44. The zero-order valence-electron chi connectivity index (χ0n) is 25.6. The Morgan fingerprint density at radius 2 is 1.65 bits per heavy atom. The van der Waals surface area contributed by atoms with Crippen LogP contribution < -0.4 is 19.3 Å². The van der Waals surface area contributed by atoms with Crippen LogP contribution in [0, 0.1) is 5.41 Å². The fourth-order valence-electron chi connectivity index (χ4n) is 3.66. The highest BCUT2D eigenvalue weighted by Crippen LogP contribution is 2.43. The summed E-state index contributed by atoms with van der Waals surface area (Å²) in [7, 11) is -0.814. The van der Waals surface area contributed by atoms with E-state index in [1.54, 1.807) is 39.0 Å². The molecule has 216 valence electrons. The number of esters is 1. The highest BCUT2D eigenvalue weighted by Gasteiger charge is 2.40. The number of methoxy groups -OCH3 is 1. The van der Waals surface area contributed by atoms with Crippen molar-refractivity contribution in [1.29, 1.82) is 0 Å². The van der Waals surface area contributed by atoms with E-state index in [1.165, 1.54) is 19.2 Å². The summed E-state index contributed by atoms with van der Waals surface area (Å²) in [6, 6.07) is 7.84. The van der Waals surface area contributed by atoms with Crippen LogP contribution in [0.5, 0.6) is 23.0 Å². The Kier molecular flexibility index (Phi) is 8.65. The lowest BCUT2D eigenvalue weighted by molar-refractivity contribution is -0.143. The summed E-state index contributed by atoms with van der Waals surface area (Å²) in [5.74, 6) is 0.793. The van der Waals surface area contributed by atoms with E-state index in [0.29, 0.717) is 29.0 Å². The molecule has 0 aliphatic carbocycles. The maximum absolute atomic E-state index is 13.3. The number of benzene rings is 2. The van der Waals surface area contributed by atoms with Gasteiger partial charge in [0.25, 0.3) is 0 Å². The number of hydrogen-bond acceptors (Lipinski definition) is 7. The van der Waals surface area contributed by atoms with E-state index in [-0.39, 0.29) is 38.7 Å². The molecule has 0 unspecified atom stereocenters. The van der Waals surface area contributed by atoms with E-state index < -0.39 is 19.7 Å². The second kappa shape index (κ2) is 11.2. The summed E-state index contributed by atoms with van der Waals surface area (Å²) in [6.45, 7) is 20.0. The van der Waals surface area contributed by atoms with Crippen LogP contribution in [0.4, 0.5) is 0 Å². The van der Waals surface area contributed by atoms with Crippen molar-refractivity contribution in [3.63, 3.8) is 0 Å². The molecule has 40 heavy (non-hydrogen) atoms. The number of aromatic hydroxyl groups is 1. The van der Waals surface area contributed by atoms with Gasteiger partial charge in [-0.05, 0) is 77.4 Å². The fourth-order valence-corrected chi connectivity index (χ4v) is 4.70. The SMILES string of the molecule is COc1cc(-c2cc(=O)c3c(O)cc(O[Si](C)(C)C(C)(C)C)c(CC=C(C)C)c3o2)ccc1OC(=O)C(C)(C)C. The van der Waals surface area contributed by atoms with E-state index in [9.17, 15) is 14.7 Å². The molecule has 0 atom stereocenters. The minimum Gasteiger partial charge on any atom is -0.543 e. The van der Waals surface area contributed by atoms with Crippen LogP contribution in [0.3, 0.4) is 0 Å². The maximum Gasteiger partial charge on any atom is 0.316 e. The van der Waals surface area contributed by atoms with Crippen LogP contribution in [-0.4, -0.2) is 26.5 Å². The molecule has 0 amide bonds. The Labute approximate surface area is 237 Å². The lowest BCUT2D eigenvalue weighted by Gasteiger charge is -2.37. The third-order valence-electron chi connectivity index (χ3n) is 7.19. The maximum atomic E-state index is 13.3. The van der Waals surface area contributed by atoms with Gasteiger partial charge in [-0.2, -0.15) is 0 Å². The van der Waals surface area contributed by atoms with Gasteiger partial charge >= 0.3 is 5.97 Å². The van der Waals surface area contributed by atoms with Crippen LogP contribution in [0.15, 0.2) is 51.2 Å². The molecule has 0 bridgehead atoms. The molecule has 0 radical (unpaired) electrons. The van der Waals surface area contributed by atoms with Gasteiger partial charge in [0.15, 0.2) is 16.9 Å². The van der Waals surface area contributed by atoms with Gasteiger partial charge in [0.05, 0.1) is 12.5 Å². The van der Waals surface area contributed by atoms with Gasteiger partial charge in [0.2, 0.25) is 8.32 Å². The molecule has 0 aliphatic heterocycles. The quantitative estimate of drug-likeness (QED) is 0.134. The normalized spacial score (nSPS) is 12.3. The van der Waals surface area contributed by atoms with Crippen LogP contribution in [0.1, 0.15) is 61.0 Å². The Morgan fingerprint density at radius 1 is 1.00 bits per heavy atom. The van der Waals surface area contributed by atoms with Crippen LogP contribution in [0.2, 0.25) is 18.1 Å². The number of hydrogen-bond donors (Lipinski definition) is 1. The molecule has 0 saturated carbocycles. The molecule has 3 rings (SSSR count). The van der Waals surface area contributed by atoms with E-state index in [4.69, 9.17) is 18.3 Å². The molecule has 2 aromatic carbocycles. The number of phenols is 1. The molecule has 1 aromatic heterocycles. The van der Waals surface area contributed by atoms with Crippen molar-refractivity contribution in [2.45, 2.75) is 79.9 Å². The molecule has 0 aliphatic rings. The van der Waals surface area contributed by atoms with Crippen molar-refractivity contribution in [2.75, 3.05) is 7.11 Å². The third-order valence-corrected chi connectivity index (χ3v) is 11.5. The van der Waals surface area contributed by atoms with Crippen molar-refractivity contribution in [2.24, 2.45) is 5.41 Å². The number of rotatable bonds is 7. The predicted octanol–water partition coefficient (Wildman–Crippen LogP) is 8.02. The topological polar surface area (TPSA) is 95.2 Å². The number of phenolic OH excluding ortho intramolecular Hbond substituents is 1. The third kappa shape index (κ3) is 6.61. The highest BCUT2D eigenvalue weighted by atomic mass is 28.4. The number of carbonyl (C=O) groups excluding carboxylic acids is 1. The molecular formula is C32H42O7Si. The Morgan fingerprint density at radius 3 is 2.20 bits per heavy atom. The van der Waals surface area contributed by atoms with Crippen molar-refractivity contribution >= 4 is 25.3 Å². The number of fused-ring (bicyclic) bond motifs is 1. The van der Waals surface area contributed by atoms with E-state index in [1.807, 2.05) is 19.9 Å². The highest BCUT2D eigenvalue weighted by molar-refractivity contribution is 6.74. The summed E-state index contributed by atoms with van der Waals surface area (Å²) in [6.07, 6.45) is 2.50. The van der Waals surface area contributed by atoms with Gasteiger partial charge in [0.1, 0.15) is 28.2 Å². The van der Waals surface area contributed by atoms with Crippen molar-refractivity contribution in [1.82, 2.24) is 0 Å². The molecule has 0 saturated heterocycles. The molecule has 0 fully saturated rings. The molecule has 1 N–H and O–H groups in total. The zero-order valence-corrected chi connectivity index (χ0v) is 26.6. The van der Waals surface area contributed by atoms with Crippen molar-refractivity contribution in [3.8, 4) is 34.3 Å². The average molecular weight is 567 g/mol. The number of carbonyl (C=O) groups is 1. The van der Waals surface area contributed by atoms with Gasteiger partial charge < -0.3 is 23.4 Å². The zero-order chi connectivity index (χ0) is 30.2. The summed E-state index contributed by atoms with van der Waals surface area (Å²) < 4.78 is 24.1. The average Bonchev–Trinajstić information content (AvgIpc) is 2.81. The second-order valence-corrected chi connectivity index (χ2v) is 17.6. The molecule has 7 nitrogen and oxygen atoms in total. The van der Waals surface area contributed by atoms with Crippen molar-refractivity contribution < 1.29 is 28.2 Å². The summed E-state index contributed by atoms with van der Waals surface area (Å²) in [5.41, 5.74) is 1.55. The van der Waals surface area contributed by atoms with Gasteiger partial charge in [-0.25, -0.2) is 0 Å². The van der Waals surface area contributed by atoms with Gasteiger partial charge in [-0.15, -0.1) is 0 Å². The minimum absolute atomic E-state index is 0.0806. The van der Waals surface area contributed by atoms with Crippen LogP contribution in [-0.2, 0) is 11.2 Å².